The smallest absolute Gasteiger partial charge is 0.417 e. The predicted octanol–water partition coefficient (Wildman–Crippen LogP) is 5.12. The Balaban J connectivity index is 1.55. The lowest BCUT2D eigenvalue weighted by atomic mass is 9.72. The fraction of sp³-hybridized carbons (Fsp3) is 0.417. The number of nitriles is 1. The first-order valence-electron chi connectivity index (χ1n) is 10.5. The minimum Gasteiger partial charge on any atom is -0.445 e. The van der Waals surface area contributed by atoms with Crippen molar-refractivity contribution in [3.8, 4) is 6.07 Å². The Bertz CT molecular complexity index is 1020. The monoisotopic (exact) mass is 444 g/mol. The van der Waals surface area contributed by atoms with E-state index in [2.05, 4.69) is 0 Å². The molecule has 4 rings (SSSR count). The Morgan fingerprint density at radius 2 is 1.81 bits per heavy atom. The summed E-state index contributed by atoms with van der Waals surface area (Å²) < 4.78 is 45.8. The second-order valence-corrected chi connectivity index (χ2v) is 8.50. The third-order valence-electron chi connectivity index (χ3n) is 6.41. The molecule has 2 aliphatic rings. The van der Waals surface area contributed by atoms with E-state index in [-0.39, 0.29) is 37.1 Å². The highest BCUT2D eigenvalue weighted by atomic mass is 19.4. The zero-order valence-corrected chi connectivity index (χ0v) is 17.3. The fourth-order valence-electron chi connectivity index (χ4n) is 4.92. The highest BCUT2D eigenvalue weighted by Crippen LogP contribution is 2.46. The summed E-state index contributed by atoms with van der Waals surface area (Å²) in [6.45, 7) is 0.129. The molecule has 2 heterocycles. The number of hydrogen-bond donors (Lipinski definition) is 1. The van der Waals surface area contributed by atoms with Gasteiger partial charge < -0.3 is 14.7 Å². The third-order valence-corrected chi connectivity index (χ3v) is 6.41. The van der Waals surface area contributed by atoms with Crippen LogP contribution in [0.25, 0.3) is 0 Å². The molecule has 1 amide bonds. The van der Waals surface area contributed by atoms with E-state index < -0.39 is 29.0 Å². The van der Waals surface area contributed by atoms with Gasteiger partial charge in [0.1, 0.15) is 6.61 Å². The molecule has 2 fully saturated rings. The number of piperidine rings is 2. The van der Waals surface area contributed by atoms with Gasteiger partial charge >= 0.3 is 12.3 Å². The van der Waals surface area contributed by atoms with Crippen LogP contribution in [0.2, 0.25) is 0 Å². The van der Waals surface area contributed by atoms with Gasteiger partial charge in [-0.05, 0) is 42.5 Å². The summed E-state index contributed by atoms with van der Waals surface area (Å²) in [6.07, 6.45) is -2.78. The minimum atomic E-state index is -4.70. The number of nitrogens with zero attached hydrogens (tertiary/aromatic N) is 2. The summed E-state index contributed by atoms with van der Waals surface area (Å²) in [7, 11) is 0. The average Bonchev–Trinajstić information content (AvgIpc) is 2.76. The number of aliphatic hydroxyl groups is 1. The minimum absolute atomic E-state index is 0.118. The van der Waals surface area contributed by atoms with Crippen LogP contribution < -0.4 is 0 Å². The van der Waals surface area contributed by atoms with E-state index >= 15 is 0 Å². The molecular formula is C24H23F3N2O3. The number of carbonyl (C=O) groups excluding carboxylic acids is 1. The van der Waals surface area contributed by atoms with E-state index in [9.17, 15) is 23.1 Å². The largest absolute Gasteiger partial charge is 0.445 e. The molecule has 8 heteroatoms. The molecule has 2 bridgehead atoms. The van der Waals surface area contributed by atoms with E-state index in [1.807, 2.05) is 30.3 Å². The van der Waals surface area contributed by atoms with Crippen LogP contribution in [-0.2, 0) is 23.1 Å². The number of amides is 1. The molecule has 168 valence electrons. The van der Waals surface area contributed by atoms with Crippen LogP contribution in [0, 0.1) is 11.3 Å². The van der Waals surface area contributed by atoms with Crippen molar-refractivity contribution in [1.82, 2.24) is 4.90 Å². The van der Waals surface area contributed by atoms with E-state index in [1.165, 1.54) is 6.07 Å². The van der Waals surface area contributed by atoms with Crippen molar-refractivity contribution in [2.75, 3.05) is 0 Å². The van der Waals surface area contributed by atoms with Gasteiger partial charge in [-0.2, -0.15) is 18.4 Å². The highest BCUT2D eigenvalue weighted by Gasteiger charge is 2.49. The number of alkyl halides is 3. The molecule has 2 aromatic carbocycles. The molecule has 0 radical (unpaired) electrons. The third kappa shape index (κ3) is 4.30. The molecule has 0 spiro atoms. The van der Waals surface area contributed by atoms with E-state index in [1.54, 1.807) is 11.0 Å². The van der Waals surface area contributed by atoms with Crippen molar-refractivity contribution in [2.45, 2.75) is 62.6 Å². The summed E-state index contributed by atoms with van der Waals surface area (Å²) in [5.74, 6) is 0. The van der Waals surface area contributed by atoms with Crippen molar-refractivity contribution in [2.24, 2.45) is 0 Å². The summed E-state index contributed by atoms with van der Waals surface area (Å²) in [4.78, 5) is 14.5. The van der Waals surface area contributed by atoms with Gasteiger partial charge in [-0.3, -0.25) is 0 Å². The first kappa shape index (κ1) is 22.2. The number of ether oxygens (including phenoxy) is 1. The van der Waals surface area contributed by atoms with E-state index in [0.717, 1.165) is 24.1 Å². The summed E-state index contributed by atoms with van der Waals surface area (Å²) in [5, 5.41) is 20.4. The highest BCUT2D eigenvalue weighted by molar-refractivity contribution is 5.69. The van der Waals surface area contributed by atoms with Gasteiger partial charge in [0.05, 0.1) is 22.8 Å². The maximum Gasteiger partial charge on any atom is 0.417 e. The van der Waals surface area contributed by atoms with Crippen molar-refractivity contribution in [3.05, 3.63) is 70.8 Å². The predicted molar refractivity (Wildman–Crippen MR) is 109 cm³/mol. The number of rotatable bonds is 3. The molecule has 0 aliphatic carbocycles. The maximum atomic E-state index is 13.4. The first-order chi connectivity index (χ1) is 15.2. The molecule has 1 N–H and O–H groups in total. The Morgan fingerprint density at radius 1 is 1.16 bits per heavy atom. The fourth-order valence-corrected chi connectivity index (χ4v) is 4.92. The van der Waals surface area contributed by atoms with Crippen LogP contribution in [0.15, 0.2) is 48.5 Å². The van der Waals surface area contributed by atoms with Gasteiger partial charge in [-0.1, -0.05) is 36.4 Å². The van der Waals surface area contributed by atoms with Crippen molar-refractivity contribution in [1.29, 1.82) is 5.26 Å². The summed E-state index contributed by atoms with van der Waals surface area (Å²) >= 11 is 0. The van der Waals surface area contributed by atoms with Gasteiger partial charge in [0, 0.05) is 24.9 Å². The second kappa shape index (κ2) is 8.47. The molecule has 2 atom stereocenters. The number of fused-ring (bicyclic) bond motifs is 2. The number of hydrogen-bond acceptors (Lipinski definition) is 4. The molecule has 2 unspecified atom stereocenters. The number of halogens is 3. The summed E-state index contributed by atoms with van der Waals surface area (Å²) in [6, 6.07) is 13.5. The van der Waals surface area contributed by atoms with Crippen LogP contribution in [0.4, 0.5) is 18.0 Å². The molecule has 0 aromatic heterocycles. The van der Waals surface area contributed by atoms with Crippen molar-refractivity contribution >= 4 is 6.09 Å². The van der Waals surface area contributed by atoms with Crippen LogP contribution >= 0.6 is 0 Å². The second-order valence-electron chi connectivity index (χ2n) is 8.50. The Morgan fingerprint density at radius 3 is 2.41 bits per heavy atom. The first-order valence-corrected chi connectivity index (χ1v) is 10.5. The molecular weight excluding hydrogens is 421 g/mol. The average molecular weight is 444 g/mol. The normalized spacial score (nSPS) is 25.2. The van der Waals surface area contributed by atoms with Crippen LogP contribution in [0.5, 0.6) is 0 Å². The quantitative estimate of drug-likeness (QED) is 0.713. The summed E-state index contributed by atoms with van der Waals surface area (Å²) in [5.41, 5.74) is -2.07. The molecule has 32 heavy (non-hydrogen) atoms. The Hall–Kier alpha value is -3.05. The van der Waals surface area contributed by atoms with Gasteiger partial charge in [0.15, 0.2) is 0 Å². The lowest BCUT2D eigenvalue weighted by Gasteiger charge is -2.51. The molecule has 2 aromatic rings. The molecule has 2 saturated heterocycles. The molecule has 2 aliphatic heterocycles. The Kier molecular flexibility index (Phi) is 5.87. The van der Waals surface area contributed by atoms with E-state index in [0.29, 0.717) is 12.8 Å². The molecule has 0 saturated carbocycles. The van der Waals surface area contributed by atoms with Gasteiger partial charge in [0.25, 0.3) is 0 Å². The van der Waals surface area contributed by atoms with Gasteiger partial charge in [-0.25, -0.2) is 4.79 Å². The SMILES string of the molecule is N#Cc1ccc(C2(O)CC3CCCC(C2)N3C(=O)OCc2ccccc2)cc1C(F)(F)F. The zero-order valence-electron chi connectivity index (χ0n) is 17.3. The van der Waals surface area contributed by atoms with Crippen molar-refractivity contribution < 1.29 is 27.8 Å². The van der Waals surface area contributed by atoms with Crippen LogP contribution in [0.3, 0.4) is 0 Å². The standard InChI is InChI=1S/C24H23F3N2O3/c25-24(26,27)21-11-18(10-9-17(21)14-28)23(31)12-19-7-4-8-20(13-23)29(19)22(30)32-15-16-5-2-1-3-6-16/h1-3,5-6,9-11,19-20,31H,4,7-8,12-13,15H2. The van der Waals surface area contributed by atoms with E-state index in [4.69, 9.17) is 10.00 Å². The lowest BCUT2D eigenvalue weighted by Crippen LogP contribution is -2.58. The van der Waals surface area contributed by atoms with Crippen LogP contribution in [0.1, 0.15) is 54.4 Å². The number of benzene rings is 2. The lowest BCUT2D eigenvalue weighted by molar-refractivity contribution is -0.138. The van der Waals surface area contributed by atoms with Gasteiger partial charge in [-0.15, -0.1) is 0 Å². The molecule has 5 nitrogen and oxygen atoms in total. The van der Waals surface area contributed by atoms with Crippen molar-refractivity contribution in [3.63, 3.8) is 0 Å². The Labute approximate surface area is 184 Å². The zero-order chi connectivity index (χ0) is 22.9. The number of carbonyl (C=O) groups is 1. The maximum absolute atomic E-state index is 13.4. The topological polar surface area (TPSA) is 73.6 Å². The van der Waals surface area contributed by atoms with Gasteiger partial charge in [0.2, 0.25) is 0 Å². The van der Waals surface area contributed by atoms with Crippen LogP contribution in [-0.4, -0.2) is 28.2 Å².